The summed E-state index contributed by atoms with van der Waals surface area (Å²) in [5.74, 6) is 19.5. The molecule has 0 rings (SSSR count). The van der Waals surface area contributed by atoms with Crippen molar-refractivity contribution in [3.63, 3.8) is 0 Å². The van der Waals surface area contributed by atoms with Gasteiger partial charge in [0.1, 0.15) is 78.1 Å². The van der Waals surface area contributed by atoms with E-state index in [9.17, 15) is 0 Å². The minimum absolute atomic E-state index is 0.155. The van der Waals surface area contributed by atoms with Crippen LogP contribution in [0.3, 0.4) is 0 Å². The van der Waals surface area contributed by atoms with Gasteiger partial charge in [0.25, 0.3) is 0 Å². The number of thioether (sulfide) groups is 8. The lowest BCUT2D eigenvalue weighted by atomic mass is 9.95. The topological polar surface area (TPSA) is 36.9 Å². The van der Waals surface area contributed by atoms with Crippen LogP contribution >= 0.6 is 94.1 Å². The summed E-state index contributed by atoms with van der Waals surface area (Å²) in [6.07, 6.45) is 151. The van der Waals surface area contributed by atoms with E-state index in [4.69, 9.17) is 16.5 Å². The number of unbranched alkanes of at least 4 members (excludes halogenated alkanes) is 44. The average Bonchev–Trinajstić information content (AvgIpc) is 0.912. The molecule has 0 saturated carbocycles. The van der Waals surface area contributed by atoms with Gasteiger partial charge >= 0.3 is 0 Å². The molecule has 21 heteroatoms. The summed E-state index contributed by atoms with van der Waals surface area (Å²) in [7, 11) is -0.166. The van der Waals surface area contributed by atoms with Crippen LogP contribution in [0.5, 0.6) is 0 Å². The molecule has 0 N–H and O–H groups in total. The maximum Gasteiger partial charge on any atom is 0.146 e. The first-order chi connectivity index (χ1) is 74.3. The van der Waals surface area contributed by atoms with Gasteiger partial charge in [-0.25, -0.2) is 0 Å². The van der Waals surface area contributed by atoms with Crippen molar-refractivity contribution >= 4 is 182 Å². The predicted octanol–water partition coefficient (Wildman–Crippen LogP) is 37.9. The Morgan fingerprint density at radius 1 is 0.213 bits per heavy atom. The molecular formula is C129H246O4S8Si9. The van der Waals surface area contributed by atoms with Crippen LogP contribution in [0.2, 0.25) is 53.4 Å². The average molecular weight is 2370 g/mol. The van der Waals surface area contributed by atoms with Gasteiger partial charge in [-0.3, -0.25) is 0 Å². The highest BCUT2D eigenvalue weighted by molar-refractivity contribution is 8.01. The molecule has 0 aliphatic rings. The molecule has 0 fully saturated rings. The highest BCUT2D eigenvalue weighted by Gasteiger charge is 2.20. The van der Waals surface area contributed by atoms with E-state index in [0.717, 1.165) is 69.0 Å². The van der Waals surface area contributed by atoms with Crippen LogP contribution in [0.1, 0.15) is 448 Å². The van der Waals surface area contributed by atoms with Crippen molar-refractivity contribution in [2.45, 2.75) is 501 Å². The van der Waals surface area contributed by atoms with Crippen LogP contribution in [0.4, 0.5) is 0 Å². The van der Waals surface area contributed by atoms with Crippen molar-refractivity contribution < 1.29 is 16.5 Å². The Morgan fingerprint density at radius 3 is 0.673 bits per heavy atom. The predicted molar refractivity (Wildman–Crippen MR) is 744 cm³/mol. The Bertz CT molecular complexity index is 3250. The molecule has 0 aromatic heterocycles. The molecule has 0 aromatic carbocycles. The fraction of sp³-hybridized carbons (Fsp3) is 0.752. The van der Waals surface area contributed by atoms with Crippen molar-refractivity contribution in [1.29, 1.82) is 0 Å². The van der Waals surface area contributed by atoms with Crippen molar-refractivity contribution in [2.24, 2.45) is 17.8 Å². The molecule has 0 heterocycles. The fourth-order valence-electron chi connectivity index (χ4n) is 18.2. The van der Waals surface area contributed by atoms with Crippen LogP contribution in [0.15, 0.2) is 193 Å². The number of hydrogen-bond donors (Lipinski definition) is 0. The third-order valence-electron chi connectivity index (χ3n) is 28.1. The van der Waals surface area contributed by atoms with Gasteiger partial charge in [-0.1, -0.05) is 570 Å². The van der Waals surface area contributed by atoms with Gasteiger partial charge in [-0.05, 0) is 148 Å². The molecule has 150 heavy (non-hydrogen) atoms. The molecule has 0 amide bonds. The van der Waals surface area contributed by atoms with E-state index >= 15 is 0 Å². The molecule has 4 atom stereocenters. The second-order valence-corrected chi connectivity index (χ2v) is 69.7. The molecular weight excluding hydrogens is 2120 g/mol. The monoisotopic (exact) mass is 2370 g/mol. The smallest absolute Gasteiger partial charge is 0.146 e. The Labute approximate surface area is 993 Å². The molecule has 0 aliphatic carbocycles. The van der Waals surface area contributed by atoms with E-state index in [2.05, 4.69) is 321 Å². The minimum Gasteiger partial charge on any atom is -0.465 e. The molecule has 4 nitrogen and oxygen atoms in total. The molecule has 0 spiro atoms. The standard InChI is InChI=1S/C129H246O4S8Si9/c1-10-18-72-92-123(116-138-104-84-67-66-80-100-134-99-79-62-54-46-38-30-22-26-34-42-50-58-68-88-112-147-130-143-108-14-5)126(119-135-101-81-63-55-47-39-31-23-27-35-43-51-59-69-89-113-148-131-144-109-15-6)95-75-85-105-139-117-124(93-73-19-11-2)127(120-136-102-82-64-56-48-40-32-24-28-36-44-52-60-70-90-114-149-132-145-110-16-7)96-76-86-106-140-118-125(94-74-20-12-3)128(97-77-87-107-141-122-129(9,142)98-78-21-13-4)121-137-103-83-65-57-49-41-33-25-29-37-45-53-61-71-91-115-150-133-146-111-17-8/h46-49,54-57,62-67,75-77,79-87,95-97,123-125H,10-45,50-53,58-61,68-74,78,88-94,98-122,143-150H2,1-9,142H3/b54-46+,55-47+,56-48+,57-49+,79-62+,80-66+,81-63+,82-64+,83-65+,84-67+,85-75+,86-76+,87-77+,126-95-,127-96-,128-97-. The number of hydrogen-bond acceptors (Lipinski definition) is 12. The molecule has 0 aliphatic heterocycles. The maximum atomic E-state index is 6.06. The number of rotatable bonds is 123. The fourth-order valence-corrected chi connectivity index (χ4v) is 40.0. The Balaban J connectivity index is 6.79. The molecule has 0 bridgehead atoms. The molecule has 870 valence electrons. The van der Waals surface area contributed by atoms with Crippen molar-refractivity contribution in [3.8, 4) is 0 Å². The second-order valence-electron chi connectivity index (χ2n) is 43.4. The quantitative estimate of drug-likeness (QED) is 0.0331. The summed E-state index contributed by atoms with van der Waals surface area (Å²) in [6.45, 7) is 21.2. The van der Waals surface area contributed by atoms with Crippen molar-refractivity contribution in [3.05, 3.63) is 193 Å². The summed E-state index contributed by atoms with van der Waals surface area (Å²) in [6, 6.07) is 11.1. The van der Waals surface area contributed by atoms with E-state index in [1.54, 1.807) is 16.7 Å². The van der Waals surface area contributed by atoms with Crippen LogP contribution in [-0.2, 0) is 16.5 Å². The lowest BCUT2D eigenvalue weighted by Gasteiger charge is -2.23. The molecule has 4 unspecified atom stereocenters. The maximum absolute atomic E-state index is 6.06. The Morgan fingerprint density at radius 2 is 0.420 bits per heavy atom. The second kappa shape index (κ2) is 133. The molecule has 0 radical (unpaired) electrons. The lowest BCUT2D eigenvalue weighted by molar-refractivity contribution is 0.560. The summed E-state index contributed by atoms with van der Waals surface area (Å²) in [5, 5.41) is 0.540. The van der Waals surface area contributed by atoms with Gasteiger partial charge in [0.05, 0.1) is 0 Å². The van der Waals surface area contributed by atoms with Gasteiger partial charge in [-0.2, -0.15) is 94.1 Å². The van der Waals surface area contributed by atoms with E-state index < -0.39 is 0 Å². The van der Waals surface area contributed by atoms with Gasteiger partial charge < -0.3 is 16.5 Å². The van der Waals surface area contributed by atoms with Crippen molar-refractivity contribution in [2.75, 3.05) is 92.0 Å². The van der Waals surface area contributed by atoms with Crippen LogP contribution < -0.4 is 0 Å². The zero-order valence-corrected chi connectivity index (χ0v) is 120. The highest BCUT2D eigenvalue weighted by Crippen LogP contribution is 2.35. The first-order valence-corrected chi connectivity index (χ1v) is 86.7. The molecule has 0 saturated heterocycles. The number of allylic oxidation sites excluding steroid dienone is 20. The SMILES string of the molecule is CCCCCC(CSC/C=C/C=C/CSC/C=C/C=C/CCCCCCCCCCC[SiH2]O[SiH2]CCC)/C(=C\C=C\CSCC(CCCCC)/C(=C\C=C\CSCC(CCCCC)/C(=C\C=C\CSCC(C)([SiH3])CCCCC)CSC/C=C/C=C/CCCCCCCCCCC[SiH2]O[SiH2]CCC)CSC/C=C/C=C/CCCCCCCCCCC[SiH2]O[SiH2]CCC)CSC/C=C/C=C/CCCCCCCCCCC[SiH2]O[SiH2]CCC. The summed E-state index contributed by atoms with van der Waals surface area (Å²) in [4.78, 5) is 0. The van der Waals surface area contributed by atoms with Gasteiger partial charge in [0.15, 0.2) is 0 Å². The summed E-state index contributed by atoms with van der Waals surface area (Å²) >= 11 is 17.1. The first-order valence-electron chi connectivity index (χ1n) is 63.8. The highest BCUT2D eigenvalue weighted by atomic mass is 32.2. The summed E-state index contributed by atoms with van der Waals surface area (Å²) < 4.78 is 24.2. The zero-order valence-electron chi connectivity index (χ0n) is 100. The van der Waals surface area contributed by atoms with E-state index in [0.29, 0.717) is 22.8 Å². The lowest BCUT2D eigenvalue weighted by Crippen LogP contribution is -2.11. The van der Waals surface area contributed by atoms with Crippen LogP contribution in [-0.4, -0.2) is 180 Å². The van der Waals surface area contributed by atoms with Crippen molar-refractivity contribution in [1.82, 2.24) is 0 Å². The Kier molecular flexibility index (Phi) is 133. The first kappa shape index (κ1) is 150. The summed E-state index contributed by atoms with van der Waals surface area (Å²) in [5.41, 5.74) is 4.96. The van der Waals surface area contributed by atoms with Gasteiger partial charge in [-0.15, -0.1) is 0 Å². The largest absolute Gasteiger partial charge is 0.465 e. The van der Waals surface area contributed by atoms with Gasteiger partial charge in [0, 0.05) is 96.5 Å². The van der Waals surface area contributed by atoms with E-state index in [1.807, 2.05) is 11.8 Å². The van der Waals surface area contributed by atoms with Crippen LogP contribution in [0.25, 0.3) is 0 Å². The normalized spacial score (nSPS) is 14.7. The van der Waals surface area contributed by atoms with E-state index in [1.165, 1.54) is 467 Å². The van der Waals surface area contributed by atoms with Crippen LogP contribution in [0, 0.1) is 17.8 Å². The zero-order chi connectivity index (χ0) is 108. The van der Waals surface area contributed by atoms with Gasteiger partial charge in [0.2, 0.25) is 0 Å². The third kappa shape index (κ3) is 119. The molecule has 0 aromatic rings. The Hall–Kier alpha value is 0.432. The minimum atomic E-state index is -0.203. The van der Waals surface area contributed by atoms with E-state index in [-0.39, 0.29) is 78.1 Å². The third-order valence-corrected chi connectivity index (χ3v) is 54.3.